The average Bonchev–Trinajstić information content (AvgIpc) is 1.59. The minimum Gasteiger partial charge on any atom is -0.368 e. The van der Waals surface area contributed by atoms with E-state index in [4.69, 9.17) is 14.8 Å². The Morgan fingerprint density at radius 1 is 1.40 bits per heavy atom. The van der Waals surface area contributed by atoms with E-state index >= 15 is 0 Å². The molecule has 0 spiro atoms. The third-order valence-corrected chi connectivity index (χ3v) is 1.07. The van der Waals surface area contributed by atoms with E-state index in [1.165, 1.54) is 0 Å². The monoisotopic (exact) mass is 172 g/mol. The maximum absolute atomic E-state index is 9.78. The van der Waals surface area contributed by atoms with E-state index in [0.717, 1.165) is 0 Å². The maximum atomic E-state index is 9.78. The van der Waals surface area contributed by atoms with Gasteiger partial charge in [-0.1, -0.05) is 0 Å². The van der Waals surface area contributed by atoms with Crippen LogP contribution in [0, 0.1) is 0 Å². The first-order valence-electron chi connectivity index (χ1n) is 2.40. The third kappa shape index (κ3) is 7.79. The lowest BCUT2D eigenvalue weighted by molar-refractivity contribution is -0.0520. The summed E-state index contributed by atoms with van der Waals surface area (Å²) in [5.74, 6) is 0. The lowest BCUT2D eigenvalue weighted by Gasteiger charge is -2.00. The highest BCUT2D eigenvalue weighted by Crippen LogP contribution is 1.91. The van der Waals surface area contributed by atoms with Crippen LogP contribution in [-0.4, -0.2) is 36.1 Å². The third-order valence-electron chi connectivity index (χ3n) is 0.608. The summed E-state index contributed by atoms with van der Waals surface area (Å²) >= 11 is 0. The van der Waals surface area contributed by atoms with Crippen LogP contribution in [0.1, 0.15) is 6.42 Å². The van der Waals surface area contributed by atoms with Crippen LogP contribution >= 0.6 is 0 Å². The zero-order valence-corrected chi connectivity index (χ0v) is 5.78. The fraction of sp³-hybridized carbons (Fsp3) is 1.00. The predicted molar refractivity (Wildman–Crippen MR) is 30.3 cm³/mol. The normalized spacial score (nSPS) is 12.4. The molecule has 7 heteroatoms. The fourth-order valence-corrected chi connectivity index (χ4v) is 0.566. The molecule has 0 aliphatic carbocycles. The Kier molecular flexibility index (Phi) is 3.76. The van der Waals surface area contributed by atoms with Crippen LogP contribution < -0.4 is 0 Å². The number of hydrogen-bond acceptors (Lipinski definition) is 5. The van der Waals surface area contributed by atoms with Crippen LogP contribution in [0.4, 0.5) is 0 Å². The smallest absolute Gasteiger partial charge is 0.368 e. The van der Waals surface area contributed by atoms with Gasteiger partial charge in [0.05, 0.1) is 6.61 Å². The lowest BCUT2D eigenvalue weighted by atomic mass is 10.5. The largest absolute Gasteiger partial charge is 0.397 e. The summed E-state index contributed by atoms with van der Waals surface area (Å²) in [4.78, 5) is 0. The van der Waals surface area contributed by atoms with Crippen molar-refractivity contribution in [2.75, 3.05) is 6.61 Å². The molecule has 3 N–H and O–H groups in total. The van der Waals surface area contributed by atoms with Gasteiger partial charge < -0.3 is 10.2 Å². The Morgan fingerprint density at radius 2 is 1.90 bits per heavy atom. The molecule has 0 atom stereocenters. The van der Waals surface area contributed by atoms with Crippen LogP contribution in [0.25, 0.3) is 0 Å². The molecule has 62 valence electrons. The summed E-state index contributed by atoms with van der Waals surface area (Å²) < 4.78 is 31.2. The summed E-state index contributed by atoms with van der Waals surface area (Å²) in [6.07, 6.45) is -1.89. The molecule has 0 saturated heterocycles. The first kappa shape index (κ1) is 9.79. The molecule has 0 rings (SSSR count). The van der Waals surface area contributed by atoms with E-state index in [2.05, 4.69) is 4.18 Å². The van der Waals surface area contributed by atoms with E-state index in [1.807, 2.05) is 0 Å². The highest BCUT2D eigenvalue weighted by molar-refractivity contribution is 7.80. The number of aliphatic hydroxyl groups is 2. The Morgan fingerprint density at radius 3 is 2.20 bits per heavy atom. The zero-order valence-electron chi connectivity index (χ0n) is 4.97. The van der Waals surface area contributed by atoms with Gasteiger partial charge >= 0.3 is 10.4 Å². The van der Waals surface area contributed by atoms with Gasteiger partial charge in [0, 0.05) is 6.42 Å². The molecule has 10 heavy (non-hydrogen) atoms. The van der Waals surface area contributed by atoms with Gasteiger partial charge in [0.15, 0.2) is 6.29 Å². The van der Waals surface area contributed by atoms with E-state index in [1.54, 1.807) is 0 Å². The van der Waals surface area contributed by atoms with E-state index in [0.29, 0.717) is 0 Å². The summed E-state index contributed by atoms with van der Waals surface area (Å²) in [5, 5.41) is 16.3. The quantitative estimate of drug-likeness (QED) is 0.352. The SMILES string of the molecule is O=S(=O)(O)OCCC(O)O. The second kappa shape index (κ2) is 3.84. The van der Waals surface area contributed by atoms with Crippen molar-refractivity contribution < 1.29 is 27.4 Å². The van der Waals surface area contributed by atoms with E-state index < -0.39 is 23.3 Å². The molecule has 0 fully saturated rings. The zero-order chi connectivity index (χ0) is 8.20. The van der Waals surface area contributed by atoms with Crippen LogP contribution in [0.15, 0.2) is 0 Å². The van der Waals surface area contributed by atoms with E-state index in [9.17, 15) is 8.42 Å². The highest BCUT2D eigenvalue weighted by atomic mass is 32.3. The van der Waals surface area contributed by atoms with Crippen molar-refractivity contribution in [2.45, 2.75) is 12.7 Å². The van der Waals surface area contributed by atoms with Gasteiger partial charge in [-0.2, -0.15) is 8.42 Å². The van der Waals surface area contributed by atoms with Crippen molar-refractivity contribution in [1.29, 1.82) is 0 Å². The molecule has 0 radical (unpaired) electrons. The summed E-state index contributed by atoms with van der Waals surface area (Å²) in [6, 6.07) is 0. The van der Waals surface area contributed by atoms with Gasteiger partial charge in [0.1, 0.15) is 0 Å². The molecular formula is C3H8O6S. The number of hydrogen-bond donors (Lipinski definition) is 3. The topological polar surface area (TPSA) is 104 Å². The first-order chi connectivity index (χ1) is 4.42. The molecule has 0 aromatic rings. The maximum Gasteiger partial charge on any atom is 0.397 e. The Bertz CT molecular complexity index is 169. The minimum absolute atomic E-state index is 0.264. The van der Waals surface area contributed by atoms with Crippen molar-refractivity contribution in [3.63, 3.8) is 0 Å². The predicted octanol–water partition coefficient (Wildman–Crippen LogP) is -1.49. The standard InChI is InChI=1S/C3H8O6S/c4-3(5)1-2-9-10(6,7)8/h3-5H,1-2H2,(H,6,7,8). The van der Waals surface area contributed by atoms with Gasteiger partial charge in [-0.15, -0.1) is 0 Å². The molecule has 0 bridgehead atoms. The first-order valence-corrected chi connectivity index (χ1v) is 3.76. The van der Waals surface area contributed by atoms with Gasteiger partial charge in [0.2, 0.25) is 0 Å². The molecule has 0 heterocycles. The Hall–Kier alpha value is -0.210. The molecule has 0 aromatic heterocycles. The highest BCUT2D eigenvalue weighted by Gasteiger charge is 2.05. The molecule has 0 aliphatic heterocycles. The molecule has 6 nitrogen and oxygen atoms in total. The average molecular weight is 172 g/mol. The van der Waals surface area contributed by atoms with Crippen LogP contribution in [0.3, 0.4) is 0 Å². The van der Waals surface area contributed by atoms with Gasteiger partial charge in [-0.05, 0) is 0 Å². The number of aliphatic hydroxyl groups excluding tert-OH is 1. The van der Waals surface area contributed by atoms with Gasteiger partial charge in [0.25, 0.3) is 0 Å². The van der Waals surface area contributed by atoms with Crippen molar-refractivity contribution in [3.05, 3.63) is 0 Å². The van der Waals surface area contributed by atoms with Crippen molar-refractivity contribution in [1.82, 2.24) is 0 Å². The van der Waals surface area contributed by atoms with Gasteiger partial charge in [-0.25, -0.2) is 4.18 Å². The van der Waals surface area contributed by atoms with Crippen molar-refractivity contribution in [3.8, 4) is 0 Å². The minimum atomic E-state index is -4.44. The molecular weight excluding hydrogens is 164 g/mol. The molecule has 0 amide bonds. The van der Waals surface area contributed by atoms with E-state index in [-0.39, 0.29) is 6.42 Å². The van der Waals surface area contributed by atoms with Crippen LogP contribution in [-0.2, 0) is 14.6 Å². The molecule has 0 saturated carbocycles. The Labute approximate surface area is 58.0 Å². The van der Waals surface area contributed by atoms with Gasteiger partial charge in [-0.3, -0.25) is 4.55 Å². The fourth-order valence-electron chi connectivity index (χ4n) is 0.259. The summed E-state index contributed by atoms with van der Waals surface area (Å²) in [5.41, 5.74) is 0. The summed E-state index contributed by atoms with van der Waals surface area (Å²) in [7, 11) is -4.44. The lowest BCUT2D eigenvalue weighted by Crippen LogP contribution is -2.12. The van der Waals surface area contributed by atoms with Crippen LogP contribution in [0.5, 0.6) is 0 Å². The second-order valence-corrected chi connectivity index (χ2v) is 2.61. The summed E-state index contributed by atoms with van der Waals surface area (Å²) in [6.45, 7) is -0.448. The number of rotatable bonds is 4. The van der Waals surface area contributed by atoms with Crippen molar-refractivity contribution in [2.24, 2.45) is 0 Å². The van der Waals surface area contributed by atoms with Crippen molar-refractivity contribution >= 4 is 10.4 Å². The molecule has 0 unspecified atom stereocenters. The second-order valence-electron chi connectivity index (χ2n) is 1.52. The molecule has 0 aliphatic rings. The van der Waals surface area contributed by atoms with Crippen LogP contribution in [0.2, 0.25) is 0 Å². The Balaban J connectivity index is 3.39. The molecule has 0 aromatic carbocycles.